The Morgan fingerprint density at radius 3 is 2.15 bits per heavy atom. The van der Waals surface area contributed by atoms with E-state index in [1.54, 1.807) is 0 Å². The Balaban J connectivity index is 1.19. The molecule has 0 saturated carbocycles. The van der Waals surface area contributed by atoms with Crippen LogP contribution in [0.3, 0.4) is 0 Å². The van der Waals surface area contributed by atoms with Crippen molar-refractivity contribution in [1.29, 1.82) is 0 Å². The predicted octanol–water partition coefficient (Wildman–Crippen LogP) is 11.2. The Bertz CT molecular complexity index is 2230. The first-order chi connectivity index (χ1) is 20.1. The molecule has 1 atom stereocenters. The highest BCUT2D eigenvalue weighted by Gasteiger charge is 2.40. The molecule has 1 unspecified atom stereocenters. The van der Waals surface area contributed by atoms with Crippen molar-refractivity contribution in [2.45, 2.75) is 31.6 Å². The van der Waals surface area contributed by atoms with Gasteiger partial charge in [0, 0.05) is 11.3 Å². The summed E-state index contributed by atoms with van der Waals surface area (Å²) in [5.74, 6) is 0.394. The van der Waals surface area contributed by atoms with E-state index in [0.29, 0.717) is 5.92 Å². The van der Waals surface area contributed by atoms with Gasteiger partial charge in [-0.25, -0.2) is 0 Å². The lowest BCUT2D eigenvalue weighted by molar-refractivity contribution is 0.649. The number of hydrogen-bond donors (Lipinski definition) is 0. The molecule has 0 aromatic heterocycles. The van der Waals surface area contributed by atoms with Crippen LogP contribution in [0.2, 0.25) is 0 Å². The van der Waals surface area contributed by atoms with Gasteiger partial charge in [-0.3, -0.25) is 0 Å². The molecule has 194 valence electrons. The van der Waals surface area contributed by atoms with Crippen LogP contribution in [0.1, 0.15) is 42.9 Å². The van der Waals surface area contributed by atoms with Gasteiger partial charge >= 0.3 is 0 Å². The van der Waals surface area contributed by atoms with Crippen molar-refractivity contribution in [3.05, 3.63) is 150 Å². The minimum absolute atomic E-state index is 0.0514. The van der Waals surface area contributed by atoms with Gasteiger partial charge in [0.2, 0.25) is 0 Å². The molecular formula is C41H30. The first kappa shape index (κ1) is 23.1. The molecule has 2 aliphatic carbocycles. The second kappa shape index (κ2) is 8.18. The molecule has 9 rings (SSSR count). The first-order valence-corrected chi connectivity index (χ1v) is 14.8. The molecule has 0 heteroatoms. The highest BCUT2D eigenvalue weighted by molar-refractivity contribution is 6.25. The SMILES string of the molecule is CC1(C)C2=CC(c3cccc4ccccc34)CC=C2c2ccc(-c3ccc4ccc5cccc6ccc3c4c56)cc21. The zero-order valence-corrected chi connectivity index (χ0v) is 23.4. The van der Waals surface area contributed by atoms with Crippen LogP contribution in [-0.2, 0) is 5.41 Å². The predicted molar refractivity (Wildman–Crippen MR) is 176 cm³/mol. The third-order valence-electron chi connectivity index (χ3n) is 9.95. The summed E-state index contributed by atoms with van der Waals surface area (Å²) in [6, 6.07) is 43.2. The lowest BCUT2D eigenvalue weighted by Crippen LogP contribution is -2.17. The van der Waals surface area contributed by atoms with E-state index in [9.17, 15) is 0 Å². The smallest absolute Gasteiger partial charge is 0.0156 e. The van der Waals surface area contributed by atoms with Crippen molar-refractivity contribution in [2.24, 2.45) is 0 Å². The lowest BCUT2D eigenvalue weighted by atomic mass is 9.76. The first-order valence-electron chi connectivity index (χ1n) is 14.8. The van der Waals surface area contributed by atoms with Gasteiger partial charge in [0.1, 0.15) is 0 Å². The Morgan fingerprint density at radius 2 is 1.27 bits per heavy atom. The quantitative estimate of drug-likeness (QED) is 0.198. The molecule has 0 amide bonds. The van der Waals surface area contributed by atoms with Crippen LogP contribution in [0.5, 0.6) is 0 Å². The molecule has 0 heterocycles. The molecule has 0 radical (unpaired) electrons. The van der Waals surface area contributed by atoms with E-state index in [-0.39, 0.29) is 5.41 Å². The highest BCUT2D eigenvalue weighted by atomic mass is 14.4. The van der Waals surface area contributed by atoms with Crippen LogP contribution in [0, 0.1) is 0 Å². The third-order valence-corrected chi connectivity index (χ3v) is 9.95. The summed E-state index contributed by atoms with van der Waals surface area (Å²) >= 11 is 0. The minimum Gasteiger partial charge on any atom is -0.0754 e. The standard InChI is InChI=1S/C41H30/c1-41(2)37-23-29(32-12-6-8-25-7-3-4-11-31(25)32)17-20-34(37)35-21-18-30(24-38(35)41)33-19-15-28-14-13-26-9-5-10-27-16-22-36(33)40(28)39(26)27/h3-16,18-24,29H,17H2,1-2H3. The molecule has 2 aliphatic rings. The van der Waals surface area contributed by atoms with Crippen LogP contribution in [0.4, 0.5) is 0 Å². The number of fused-ring (bicyclic) bond motifs is 4. The average Bonchev–Trinajstić information content (AvgIpc) is 3.24. The Hall–Kier alpha value is -4.68. The highest BCUT2D eigenvalue weighted by Crippen LogP contribution is 2.54. The molecule has 0 aliphatic heterocycles. The summed E-state index contributed by atoms with van der Waals surface area (Å²) in [7, 11) is 0. The minimum atomic E-state index is -0.0514. The zero-order valence-electron chi connectivity index (χ0n) is 23.4. The van der Waals surface area contributed by atoms with Gasteiger partial charge in [-0.2, -0.15) is 0 Å². The molecule has 0 N–H and O–H groups in total. The molecule has 7 aromatic carbocycles. The number of allylic oxidation sites excluding steroid dienone is 4. The van der Waals surface area contributed by atoms with Gasteiger partial charge in [-0.15, -0.1) is 0 Å². The van der Waals surface area contributed by atoms with Gasteiger partial charge in [0.15, 0.2) is 0 Å². The zero-order chi connectivity index (χ0) is 27.3. The third kappa shape index (κ3) is 3.16. The molecule has 41 heavy (non-hydrogen) atoms. The second-order valence-electron chi connectivity index (χ2n) is 12.5. The van der Waals surface area contributed by atoms with Crippen LogP contribution < -0.4 is 0 Å². The molecule has 0 fully saturated rings. The maximum atomic E-state index is 2.58. The van der Waals surface area contributed by atoms with E-state index < -0.39 is 0 Å². The lowest BCUT2D eigenvalue weighted by Gasteiger charge is -2.27. The molecule has 0 spiro atoms. The topological polar surface area (TPSA) is 0 Å². The van der Waals surface area contributed by atoms with E-state index in [2.05, 4.69) is 141 Å². The molecule has 0 saturated heterocycles. The molecule has 0 bridgehead atoms. The van der Waals surface area contributed by atoms with Crippen molar-refractivity contribution in [3.8, 4) is 11.1 Å². The Kier molecular flexibility index (Phi) is 4.60. The molecule has 0 nitrogen and oxygen atoms in total. The van der Waals surface area contributed by atoms with Crippen LogP contribution in [-0.4, -0.2) is 0 Å². The van der Waals surface area contributed by atoms with Gasteiger partial charge in [-0.05, 0) is 94.5 Å². The van der Waals surface area contributed by atoms with E-state index in [4.69, 9.17) is 0 Å². The van der Waals surface area contributed by atoms with Gasteiger partial charge < -0.3 is 0 Å². The molecule has 7 aromatic rings. The summed E-state index contributed by atoms with van der Waals surface area (Å²) in [5, 5.41) is 10.8. The summed E-state index contributed by atoms with van der Waals surface area (Å²) in [4.78, 5) is 0. The fourth-order valence-electron chi connectivity index (χ4n) is 7.90. The van der Waals surface area contributed by atoms with Gasteiger partial charge in [0.25, 0.3) is 0 Å². The second-order valence-corrected chi connectivity index (χ2v) is 12.5. The summed E-state index contributed by atoms with van der Waals surface area (Å²) in [6.45, 7) is 4.83. The van der Waals surface area contributed by atoms with Crippen molar-refractivity contribution >= 4 is 48.7 Å². The van der Waals surface area contributed by atoms with Crippen LogP contribution in [0.25, 0.3) is 59.8 Å². The maximum absolute atomic E-state index is 2.58. The fourth-order valence-corrected chi connectivity index (χ4v) is 7.90. The van der Waals surface area contributed by atoms with Crippen molar-refractivity contribution in [2.75, 3.05) is 0 Å². The summed E-state index contributed by atoms with van der Waals surface area (Å²) in [6.07, 6.45) is 6.12. The molecular weight excluding hydrogens is 492 g/mol. The Morgan fingerprint density at radius 1 is 0.585 bits per heavy atom. The van der Waals surface area contributed by atoms with E-state index in [0.717, 1.165) is 6.42 Å². The normalized spacial score (nSPS) is 17.7. The van der Waals surface area contributed by atoms with E-state index in [1.165, 1.54) is 82.1 Å². The number of rotatable bonds is 2. The van der Waals surface area contributed by atoms with Crippen LogP contribution in [0.15, 0.2) is 133 Å². The van der Waals surface area contributed by atoms with Gasteiger partial charge in [-0.1, -0.05) is 135 Å². The van der Waals surface area contributed by atoms with Crippen molar-refractivity contribution in [3.63, 3.8) is 0 Å². The average molecular weight is 523 g/mol. The Labute approximate surface area is 240 Å². The van der Waals surface area contributed by atoms with Crippen molar-refractivity contribution < 1.29 is 0 Å². The summed E-state index contributed by atoms with van der Waals surface area (Å²) < 4.78 is 0. The number of benzene rings is 7. The van der Waals surface area contributed by atoms with E-state index in [1.807, 2.05) is 0 Å². The van der Waals surface area contributed by atoms with E-state index >= 15 is 0 Å². The maximum Gasteiger partial charge on any atom is 0.0156 e. The fraction of sp³-hybridized carbons (Fsp3) is 0.122. The monoisotopic (exact) mass is 522 g/mol. The summed E-state index contributed by atoms with van der Waals surface area (Å²) in [5.41, 5.74) is 9.76. The van der Waals surface area contributed by atoms with Crippen LogP contribution >= 0.6 is 0 Å². The van der Waals surface area contributed by atoms with Crippen molar-refractivity contribution in [1.82, 2.24) is 0 Å². The largest absolute Gasteiger partial charge is 0.0754 e. The number of hydrogen-bond acceptors (Lipinski definition) is 0. The van der Waals surface area contributed by atoms with Gasteiger partial charge in [0.05, 0.1) is 0 Å².